The van der Waals surface area contributed by atoms with Gasteiger partial charge in [0.1, 0.15) is 0 Å². The van der Waals surface area contributed by atoms with Crippen molar-refractivity contribution in [3.8, 4) is 0 Å². The smallest absolute Gasteiger partial charge is 0.308 e. The SMILES string of the molecule is COC(=O)CC(C)(C)OC1CCOC1. The molecule has 1 aliphatic heterocycles. The summed E-state index contributed by atoms with van der Waals surface area (Å²) in [5.74, 6) is -0.242. The number of rotatable bonds is 4. The van der Waals surface area contributed by atoms with Gasteiger partial charge in [-0.1, -0.05) is 0 Å². The molecule has 0 saturated carbocycles. The molecule has 1 aliphatic rings. The molecule has 0 bridgehead atoms. The maximum atomic E-state index is 11.1. The topological polar surface area (TPSA) is 44.8 Å². The molecule has 1 atom stereocenters. The van der Waals surface area contributed by atoms with Crippen LogP contribution in [-0.2, 0) is 19.0 Å². The number of esters is 1. The molecule has 14 heavy (non-hydrogen) atoms. The van der Waals surface area contributed by atoms with E-state index >= 15 is 0 Å². The van der Waals surface area contributed by atoms with E-state index < -0.39 is 5.60 Å². The molecule has 0 N–H and O–H groups in total. The standard InChI is InChI=1S/C10H18O4/c1-10(2,6-9(11)12-3)14-8-4-5-13-7-8/h8H,4-7H2,1-3H3. The van der Waals surface area contributed by atoms with Crippen LogP contribution in [0.2, 0.25) is 0 Å². The Morgan fingerprint density at radius 1 is 1.57 bits per heavy atom. The highest BCUT2D eigenvalue weighted by Crippen LogP contribution is 2.21. The van der Waals surface area contributed by atoms with Crippen molar-refractivity contribution in [2.45, 2.75) is 38.4 Å². The maximum absolute atomic E-state index is 11.1. The van der Waals surface area contributed by atoms with Crippen LogP contribution in [0.15, 0.2) is 0 Å². The largest absolute Gasteiger partial charge is 0.469 e. The van der Waals surface area contributed by atoms with Crippen LogP contribution in [0.3, 0.4) is 0 Å². The minimum atomic E-state index is -0.467. The van der Waals surface area contributed by atoms with Gasteiger partial charge in [-0.2, -0.15) is 0 Å². The van der Waals surface area contributed by atoms with E-state index in [1.807, 2.05) is 13.8 Å². The highest BCUT2D eigenvalue weighted by atomic mass is 16.6. The summed E-state index contributed by atoms with van der Waals surface area (Å²) in [6.45, 7) is 5.16. The minimum Gasteiger partial charge on any atom is -0.469 e. The number of hydrogen-bond acceptors (Lipinski definition) is 4. The lowest BCUT2D eigenvalue weighted by Crippen LogP contribution is -2.33. The summed E-state index contributed by atoms with van der Waals surface area (Å²) >= 11 is 0. The number of methoxy groups -OCH3 is 1. The molecular weight excluding hydrogens is 184 g/mol. The van der Waals surface area contributed by atoms with Gasteiger partial charge in [0.05, 0.1) is 31.8 Å². The summed E-state index contributed by atoms with van der Waals surface area (Å²) in [6, 6.07) is 0. The maximum Gasteiger partial charge on any atom is 0.308 e. The van der Waals surface area contributed by atoms with E-state index in [1.54, 1.807) is 0 Å². The average molecular weight is 202 g/mol. The first-order chi connectivity index (χ1) is 6.53. The van der Waals surface area contributed by atoms with Crippen molar-refractivity contribution in [3.05, 3.63) is 0 Å². The van der Waals surface area contributed by atoms with E-state index in [0.29, 0.717) is 6.61 Å². The second kappa shape index (κ2) is 4.75. The number of carbonyl (C=O) groups is 1. The van der Waals surface area contributed by atoms with Gasteiger partial charge in [0, 0.05) is 6.61 Å². The van der Waals surface area contributed by atoms with Crippen LogP contribution in [0.5, 0.6) is 0 Å². The quantitative estimate of drug-likeness (QED) is 0.641. The zero-order valence-electron chi connectivity index (χ0n) is 9.04. The molecule has 0 amide bonds. The molecule has 0 radical (unpaired) electrons. The molecule has 4 nitrogen and oxygen atoms in total. The zero-order valence-corrected chi connectivity index (χ0v) is 9.04. The highest BCUT2D eigenvalue weighted by Gasteiger charge is 2.29. The summed E-state index contributed by atoms with van der Waals surface area (Å²) in [4.78, 5) is 11.1. The number of hydrogen-bond donors (Lipinski definition) is 0. The Morgan fingerprint density at radius 3 is 2.79 bits per heavy atom. The van der Waals surface area contributed by atoms with Gasteiger partial charge in [-0.25, -0.2) is 0 Å². The van der Waals surface area contributed by atoms with Gasteiger partial charge in [0.25, 0.3) is 0 Å². The van der Waals surface area contributed by atoms with Crippen LogP contribution in [0.4, 0.5) is 0 Å². The molecule has 0 aromatic heterocycles. The molecule has 1 fully saturated rings. The van der Waals surface area contributed by atoms with Gasteiger partial charge < -0.3 is 14.2 Å². The van der Waals surface area contributed by atoms with E-state index in [1.165, 1.54) is 7.11 Å². The Balaban J connectivity index is 2.35. The Hall–Kier alpha value is -0.610. The summed E-state index contributed by atoms with van der Waals surface area (Å²) in [5.41, 5.74) is -0.467. The van der Waals surface area contributed by atoms with Gasteiger partial charge >= 0.3 is 5.97 Å². The third-order valence-electron chi connectivity index (χ3n) is 2.17. The van der Waals surface area contributed by atoms with Crippen LogP contribution >= 0.6 is 0 Å². The predicted molar refractivity (Wildman–Crippen MR) is 51.0 cm³/mol. The summed E-state index contributed by atoms with van der Waals surface area (Å²) in [5, 5.41) is 0. The third kappa shape index (κ3) is 3.64. The second-order valence-electron chi connectivity index (χ2n) is 4.12. The van der Waals surface area contributed by atoms with Crippen molar-refractivity contribution in [3.63, 3.8) is 0 Å². The molecule has 1 unspecified atom stereocenters. The lowest BCUT2D eigenvalue weighted by molar-refractivity contribution is -0.150. The van der Waals surface area contributed by atoms with Crippen LogP contribution in [0, 0.1) is 0 Å². The highest BCUT2D eigenvalue weighted by molar-refractivity contribution is 5.70. The van der Waals surface area contributed by atoms with Gasteiger partial charge in [0.15, 0.2) is 0 Å². The Bertz CT molecular complexity index is 194. The van der Waals surface area contributed by atoms with Crippen molar-refractivity contribution in [2.24, 2.45) is 0 Å². The van der Waals surface area contributed by atoms with E-state index in [9.17, 15) is 4.79 Å². The second-order valence-corrected chi connectivity index (χ2v) is 4.12. The molecule has 82 valence electrons. The normalized spacial score (nSPS) is 22.4. The fraction of sp³-hybridized carbons (Fsp3) is 0.900. The zero-order chi connectivity index (χ0) is 10.6. The van der Waals surface area contributed by atoms with Gasteiger partial charge in [-0.3, -0.25) is 4.79 Å². The molecule has 1 saturated heterocycles. The first kappa shape index (κ1) is 11.5. The molecule has 0 aromatic rings. The van der Waals surface area contributed by atoms with Gasteiger partial charge in [-0.15, -0.1) is 0 Å². The van der Waals surface area contributed by atoms with E-state index in [-0.39, 0.29) is 18.5 Å². The minimum absolute atomic E-state index is 0.120. The summed E-state index contributed by atoms with van der Waals surface area (Å²) in [7, 11) is 1.39. The molecule has 4 heteroatoms. The fourth-order valence-electron chi connectivity index (χ4n) is 1.52. The van der Waals surface area contributed by atoms with Crippen molar-refractivity contribution in [1.29, 1.82) is 0 Å². The fourth-order valence-corrected chi connectivity index (χ4v) is 1.52. The van der Waals surface area contributed by atoms with E-state index in [4.69, 9.17) is 9.47 Å². The monoisotopic (exact) mass is 202 g/mol. The Morgan fingerprint density at radius 2 is 2.29 bits per heavy atom. The first-order valence-corrected chi connectivity index (χ1v) is 4.86. The number of ether oxygens (including phenoxy) is 3. The van der Waals surface area contributed by atoms with Crippen LogP contribution in [0.25, 0.3) is 0 Å². The average Bonchev–Trinajstić information content (AvgIpc) is 2.54. The lowest BCUT2D eigenvalue weighted by atomic mass is 10.0. The molecule has 0 aromatic carbocycles. The van der Waals surface area contributed by atoms with Crippen molar-refractivity contribution >= 4 is 5.97 Å². The summed E-state index contributed by atoms with van der Waals surface area (Å²) < 4.78 is 15.5. The van der Waals surface area contributed by atoms with E-state index in [2.05, 4.69) is 4.74 Å². The number of carbonyl (C=O) groups excluding carboxylic acids is 1. The Labute approximate surface area is 84.5 Å². The van der Waals surface area contributed by atoms with Gasteiger partial charge in [0.2, 0.25) is 0 Å². The molecule has 1 heterocycles. The van der Waals surface area contributed by atoms with Crippen LogP contribution in [0.1, 0.15) is 26.7 Å². The predicted octanol–water partition coefficient (Wildman–Crippen LogP) is 1.13. The Kier molecular flexibility index (Phi) is 3.89. The first-order valence-electron chi connectivity index (χ1n) is 4.86. The van der Waals surface area contributed by atoms with Crippen LogP contribution < -0.4 is 0 Å². The molecule has 1 rings (SSSR count). The molecule has 0 aliphatic carbocycles. The van der Waals surface area contributed by atoms with E-state index in [0.717, 1.165) is 13.0 Å². The third-order valence-corrected chi connectivity index (χ3v) is 2.17. The molecular formula is C10H18O4. The van der Waals surface area contributed by atoms with Crippen LogP contribution in [-0.4, -0.2) is 38.0 Å². The van der Waals surface area contributed by atoms with Gasteiger partial charge in [-0.05, 0) is 20.3 Å². The van der Waals surface area contributed by atoms with Crippen molar-refractivity contribution in [2.75, 3.05) is 20.3 Å². The van der Waals surface area contributed by atoms with Crippen molar-refractivity contribution < 1.29 is 19.0 Å². The van der Waals surface area contributed by atoms with Crippen molar-refractivity contribution in [1.82, 2.24) is 0 Å². The molecule has 0 spiro atoms. The summed E-state index contributed by atoms with van der Waals surface area (Å²) in [6.07, 6.45) is 1.31. The lowest BCUT2D eigenvalue weighted by Gasteiger charge is -2.27.